The van der Waals surface area contributed by atoms with Crippen molar-refractivity contribution in [1.82, 2.24) is 4.98 Å². The Morgan fingerprint density at radius 1 is 0.893 bits per heavy atom. The number of methoxy groups -OCH3 is 1. The van der Waals surface area contributed by atoms with Crippen LogP contribution < -0.4 is 17.1 Å². The molecule has 0 aliphatic heterocycles. The maximum absolute atomic E-state index is 5.31. The van der Waals surface area contributed by atoms with E-state index >= 15 is 0 Å². The highest BCUT2D eigenvalue weighted by molar-refractivity contribution is 7.19. The lowest BCUT2D eigenvalue weighted by Gasteiger charge is -2.13. The summed E-state index contributed by atoms with van der Waals surface area (Å²) in [7, 11) is 1.70. The summed E-state index contributed by atoms with van der Waals surface area (Å²) in [4.78, 5) is 7.78. The molecule has 0 bridgehead atoms. The second kappa shape index (κ2) is 7.94. The molecule has 0 amide bonds. The molecule has 1 aliphatic carbocycles. The van der Waals surface area contributed by atoms with Gasteiger partial charge in [-0.2, -0.15) is 0 Å². The van der Waals surface area contributed by atoms with Gasteiger partial charge in [-0.3, -0.25) is 0 Å². The average molecular weight is 407 g/mol. The summed E-state index contributed by atoms with van der Waals surface area (Å²) >= 11 is 1.89. The number of aryl methyl sites for hydroxylation is 2. The number of fused-ring (bicyclic) bond motifs is 3. The van der Waals surface area contributed by atoms with Crippen molar-refractivity contribution >= 4 is 21.6 Å². The Morgan fingerprint density at radius 3 is 2.39 bits per heavy atom. The number of pyridine rings is 1. The number of benzene rings is 2. The zero-order valence-corrected chi connectivity index (χ0v) is 17.3. The zero-order chi connectivity index (χ0) is 18.2. The van der Waals surface area contributed by atoms with E-state index in [1.165, 1.54) is 57.5 Å². The Balaban J connectivity index is 0.00000192. The molecule has 0 saturated heterocycles. The van der Waals surface area contributed by atoms with Crippen molar-refractivity contribution < 1.29 is 17.1 Å². The maximum atomic E-state index is 5.31. The molecule has 2 heterocycles. The standard InChI is InChI=1S/C24H21NOS.ClH/c1-26-18-13-11-17(12-14-18)21-15-20(16-7-3-2-4-8-16)23-19-9-5-6-10-22(19)27-24(23)25-21;/h2-4,7-8,11-15H,5-6,9-10H2,1H3;1H/p-1. The minimum atomic E-state index is 0. The zero-order valence-electron chi connectivity index (χ0n) is 15.7. The monoisotopic (exact) mass is 406 g/mol. The predicted molar refractivity (Wildman–Crippen MR) is 114 cm³/mol. The van der Waals surface area contributed by atoms with Crippen molar-refractivity contribution in [2.45, 2.75) is 25.7 Å². The topological polar surface area (TPSA) is 22.1 Å². The average Bonchev–Trinajstić information content (AvgIpc) is 3.12. The third kappa shape index (κ3) is 3.30. The lowest BCUT2D eigenvalue weighted by Crippen LogP contribution is -3.00. The number of rotatable bonds is 3. The van der Waals surface area contributed by atoms with Gasteiger partial charge in [-0.05, 0) is 72.7 Å². The summed E-state index contributed by atoms with van der Waals surface area (Å²) in [6.45, 7) is 0. The molecule has 0 spiro atoms. The number of halogens is 1. The van der Waals surface area contributed by atoms with E-state index in [0.29, 0.717) is 0 Å². The third-order valence-electron chi connectivity index (χ3n) is 5.40. The van der Waals surface area contributed by atoms with Crippen molar-refractivity contribution in [2.75, 3.05) is 7.11 Å². The van der Waals surface area contributed by atoms with E-state index in [0.717, 1.165) is 17.0 Å². The van der Waals surface area contributed by atoms with Crippen LogP contribution >= 0.6 is 11.3 Å². The van der Waals surface area contributed by atoms with E-state index in [1.54, 1.807) is 7.11 Å². The lowest BCUT2D eigenvalue weighted by molar-refractivity contribution is -0.00000552. The highest BCUT2D eigenvalue weighted by Gasteiger charge is 2.21. The second-order valence-corrected chi connectivity index (χ2v) is 8.12. The van der Waals surface area contributed by atoms with Crippen LogP contribution in [0, 0.1) is 0 Å². The molecule has 4 aromatic rings. The van der Waals surface area contributed by atoms with Crippen molar-refractivity contribution in [3.63, 3.8) is 0 Å². The van der Waals surface area contributed by atoms with Gasteiger partial charge in [-0.1, -0.05) is 30.3 Å². The lowest BCUT2D eigenvalue weighted by atomic mass is 9.92. The van der Waals surface area contributed by atoms with Gasteiger partial charge in [-0.25, -0.2) is 4.98 Å². The van der Waals surface area contributed by atoms with Gasteiger partial charge in [0.2, 0.25) is 0 Å². The van der Waals surface area contributed by atoms with Gasteiger partial charge < -0.3 is 17.1 Å². The number of hydrogen-bond donors (Lipinski definition) is 0. The Labute approximate surface area is 175 Å². The van der Waals surface area contributed by atoms with E-state index in [2.05, 4.69) is 48.5 Å². The SMILES string of the molecule is COc1ccc(-c2cc(-c3ccccc3)c3c4c(sc3n2)CCCC4)cc1.[Cl-]. The summed E-state index contributed by atoms with van der Waals surface area (Å²) in [6, 6.07) is 21.2. The molecule has 0 fully saturated rings. The van der Waals surface area contributed by atoms with Crippen molar-refractivity contribution in [2.24, 2.45) is 0 Å². The largest absolute Gasteiger partial charge is 1.00 e. The van der Waals surface area contributed by atoms with E-state index in [1.807, 2.05) is 23.5 Å². The van der Waals surface area contributed by atoms with Crippen LogP contribution in [0.2, 0.25) is 0 Å². The predicted octanol–water partition coefficient (Wildman–Crippen LogP) is 3.52. The first kappa shape index (κ1) is 19.0. The van der Waals surface area contributed by atoms with Crippen LogP contribution in [0.15, 0.2) is 60.7 Å². The van der Waals surface area contributed by atoms with Crippen LogP contribution in [0.4, 0.5) is 0 Å². The van der Waals surface area contributed by atoms with E-state index in [-0.39, 0.29) is 12.4 Å². The van der Waals surface area contributed by atoms with Gasteiger partial charge in [0, 0.05) is 15.8 Å². The summed E-state index contributed by atoms with van der Waals surface area (Å²) in [6.07, 6.45) is 4.96. The highest BCUT2D eigenvalue weighted by Crippen LogP contribution is 2.42. The first-order chi connectivity index (χ1) is 13.3. The first-order valence-electron chi connectivity index (χ1n) is 9.48. The van der Waals surface area contributed by atoms with Crippen LogP contribution in [0.1, 0.15) is 23.3 Å². The Hall–Kier alpha value is -2.36. The normalized spacial score (nSPS) is 13.0. The van der Waals surface area contributed by atoms with E-state index in [9.17, 15) is 0 Å². The summed E-state index contributed by atoms with van der Waals surface area (Å²) < 4.78 is 5.31. The fourth-order valence-corrected chi connectivity index (χ4v) is 5.30. The van der Waals surface area contributed by atoms with Gasteiger partial charge in [-0.15, -0.1) is 11.3 Å². The molecule has 2 aromatic heterocycles. The van der Waals surface area contributed by atoms with Gasteiger partial charge >= 0.3 is 0 Å². The van der Waals surface area contributed by atoms with Gasteiger partial charge in [0.05, 0.1) is 12.8 Å². The quantitative estimate of drug-likeness (QED) is 0.519. The van der Waals surface area contributed by atoms with E-state index < -0.39 is 0 Å². The molecule has 0 atom stereocenters. The molecular formula is C24H21ClNOS-. The molecule has 0 unspecified atom stereocenters. The molecular weight excluding hydrogens is 386 g/mol. The highest BCUT2D eigenvalue weighted by atomic mass is 35.5. The van der Waals surface area contributed by atoms with Crippen molar-refractivity contribution in [3.05, 3.63) is 71.1 Å². The maximum Gasteiger partial charge on any atom is 0.125 e. The van der Waals surface area contributed by atoms with Crippen LogP contribution in [-0.4, -0.2) is 12.1 Å². The molecule has 4 heteroatoms. The van der Waals surface area contributed by atoms with Crippen molar-refractivity contribution in [1.29, 1.82) is 0 Å². The Kier molecular flexibility index (Phi) is 5.38. The minimum absolute atomic E-state index is 0. The summed E-state index contributed by atoms with van der Waals surface area (Å²) in [5.74, 6) is 0.870. The Bertz CT molecular complexity index is 1100. The molecule has 2 aromatic carbocycles. The minimum Gasteiger partial charge on any atom is -1.00 e. The van der Waals surface area contributed by atoms with Gasteiger partial charge in [0.25, 0.3) is 0 Å². The van der Waals surface area contributed by atoms with Crippen LogP contribution in [0.5, 0.6) is 5.75 Å². The summed E-state index contributed by atoms with van der Waals surface area (Å²) in [5.41, 5.74) is 6.27. The fourth-order valence-electron chi connectivity index (χ4n) is 4.01. The Morgan fingerprint density at radius 2 is 1.64 bits per heavy atom. The van der Waals surface area contributed by atoms with Crippen LogP contribution in [-0.2, 0) is 12.8 Å². The molecule has 5 rings (SSSR count). The number of aromatic nitrogens is 1. The number of hydrogen-bond acceptors (Lipinski definition) is 3. The fraction of sp³-hybridized carbons (Fsp3) is 0.208. The number of thiophene rings is 1. The van der Waals surface area contributed by atoms with E-state index in [4.69, 9.17) is 9.72 Å². The molecule has 0 radical (unpaired) electrons. The van der Waals surface area contributed by atoms with Gasteiger partial charge in [0.15, 0.2) is 0 Å². The number of nitrogens with zero attached hydrogens (tertiary/aromatic N) is 1. The number of ether oxygens (including phenoxy) is 1. The molecule has 142 valence electrons. The molecule has 0 saturated carbocycles. The second-order valence-electron chi connectivity index (χ2n) is 7.04. The van der Waals surface area contributed by atoms with Crippen LogP contribution in [0.3, 0.4) is 0 Å². The molecule has 28 heavy (non-hydrogen) atoms. The van der Waals surface area contributed by atoms with Crippen molar-refractivity contribution in [3.8, 4) is 28.1 Å². The molecule has 2 nitrogen and oxygen atoms in total. The third-order valence-corrected chi connectivity index (χ3v) is 6.58. The van der Waals surface area contributed by atoms with Gasteiger partial charge in [0.1, 0.15) is 10.6 Å². The molecule has 0 N–H and O–H groups in total. The summed E-state index contributed by atoms with van der Waals surface area (Å²) in [5, 5.41) is 1.37. The van der Waals surface area contributed by atoms with Crippen LogP contribution in [0.25, 0.3) is 32.6 Å². The molecule has 1 aliphatic rings. The smallest absolute Gasteiger partial charge is 0.125 e. The first-order valence-corrected chi connectivity index (χ1v) is 10.3.